The minimum absolute atomic E-state index is 0.202. The predicted octanol–water partition coefficient (Wildman–Crippen LogP) is 2.84. The van der Waals surface area contributed by atoms with Gasteiger partial charge >= 0.3 is 6.03 Å². The van der Waals surface area contributed by atoms with Gasteiger partial charge in [0.25, 0.3) is 0 Å². The molecule has 2 aromatic rings. The number of urea groups is 1. The zero-order chi connectivity index (χ0) is 15.2. The number of carbonyl (C=O) groups is 1. The van der Waals surface area contributed by atoms with Gasteiger partial charge in [-0.3, -0.25) is 0 Å². The highest BCUT2D eigenvalue weighted by molar-refractivity contribution is 5.88. The zero-order valence-electron chi connectivity index (χ0n) is 11.7. The van der Waals surface area contributed by atoms with Gasteiger partial charge in [0.15, 0.2) is 0 Å². The van der Waals surface area contributed by atoms with Gasteiger partial charge in [0.2, 0.25) is 5.88 Å². The summed E-state index contributed by atoms with van der Waals surface area (Å²) in [5.74, 6) is 0.916. The van der Waals surface area contributed by atoms with Crippen LogP contribution in [0.25, 0.3) is 0 Å². The Morgan fingerprint density at radius 1 is 1.24 bits per heavy atom. The van der Waals surface area contributed by atoms with Crippen LogP contribution in [0.3, 0.4) is 0 Å². The number of nitrogens with one attached hydrogen (secondary N) is 1. The van der Waals surface area contributed by atoms with Crippen molar-refractivity contribution in [3.63, 3.8) is 0 Å². The number of nitrogens with zero attached hydrogens (tertiary/aromatic N) is 3. The van der Waals surface area contributed by atoms with Gasteiger partial charge in [-0.25, -0.2) is 9.78 Å². The van der Waals surface area contributed by atoms with Crippen LogP contribution in [0.2, 0.25) is 0 Å². The highest BCUT2D eigenvalue weighted by Crippen LogP contribution is 2.21. The van der Waals surface area contributed by atoms with E-state index in [4.69, 9.17) is 10.00 Å². The average Bonchev–Trinajstić information content (AvgIpc) is 2.49. The van der Waals surface area contributed by atoms with Crippen molar-refractivity contribution in [2.75, 3.05) is 19.4 Å². The van der Waals surface area contributed by atoms with Crippen molar-refractivity contribution in [2.24, 2.45) is 0 Å². The largest absolute Gasteiger partial charge is 0.439 e. The Kier molecular flexibility index (Phi) is 4.36. The first-order valence-corrected chi connectivity index (χ1v) is 6.22. The molecule has 0 aliphatic carbocycles. The van der Waals surface area contributed by atoms with Crippen LogP contribution >= 0.6 is 0 Å². The maximum absolute atomic E-state index is 11.5. The van der Waals surface area contributed by atoms with Crippen molar-refractivity contribution >= 4 is 11.7 Å². The molecule has 1 N–H and O–H groups in total. The first-order valence-electron chi connectivity index (χ1n) is 6.22. The number of hydrogen-bond acceptors (Lipinski definition) is 4. The average molecular weight is 282 g/mol. The number of pyridine rings is 1. The molecule has 0 bridgehead atoms. The molecule has 0 atom stereocenters. The van der Waals surface area contributed by atoms with Crippen LogP contribution in [0.5, 0.6) is 11.6 Å². The van der Waals surface area contributed by atoms with Crippen molar-refractivity contribution < 1.29 is 9.53 Å². The van der Waals surface area contributed by atoms with E-state index >= 15 is 0 Å². The van der Waals surface area contributed by atoms with E-state index in [1.54, 1.807) is 56.6 Å². The molecule has 21 heavy (non-hydrogen) atoms. The van der Waals surface area contributed by atoms with Gasteiger partial charge in [-0.15, -0.1) is 0 Å². The first-order chi connectivity index (χ1) is 10.1. The van der Waals surface area contributed by atoms with Crippen LogP contribution in [-0.4, -0.2) is 30.0 Å². The molecule has 0 saturated heterocycles. The summed E-state index contributed by atoms with van der Waals surface area (Å²) in [6.45, 7) is 0. The number of carbonyl (C=O) groups excluding carboxylic acids is 1. The fraction of sp³-hybridized carbons (Fsp3) is 0.133. The molecule has 1 heterocycles. The second-order valence-electron chi connectivity index (χ2n) is 4.42. The monoisotopic (exact) mass is 282 g/mol. The maximum atomic E-state index is 11.5. The van der Waals surface area contributed by atoms with Crippen molar-refractivity contribution in [2.45, 2.75) is 0 Å². The molecule has 0 aliphatic rings. The number of rotatable bonds is 3. The van der Waals surface area contributed by atoms with E-state index in [-0.39, 0.29) is 6.03 Å². The highest BCUT2D eigenvalue weighted by atomic mass is 16.5. The molecule has 6 heteroatoms. The molecule has 1 aromatic carbocycles. The van der Waals surface area contributed by atoms with Crippen molar-refractivity contribution in [3.05, 3.63) is 48.2 Å². The summed E-state index contributed by atoms with van der Waals surface area (Å²) in [6.07, 6.45) is 0. The third-order valence-electron chi connectivity index (χ3n) is 2.57. The van der Waals surface area contributed by atoms with Crippen molar-refractivity contribution in [1.82, 2.24) is 9.88 Å². The molecule has 1 aromatic heterocycles. The normalized spacial score (nSPS) is 9.57. The van der Waals surface area contributed by atoms with E-state index in [0.717, 1.165) is 0 Å². The predicted molar refractivity (Wildman–Crippen MR) is 78.2 cm³/mol. The van der Waals surface area contributed by atoms with Crippen molar-refractivity contribution in [3.8, 4) is 17.7 Å². The number of amides is 2. The molecule has 0 saturated carbocycles. The Hall–Kier alpha value is -3.07. The first kappa shape index (κ1) is 14.3. The number of nitriles is 1. The van der Waals surface area contributed by atoms with Gasteiger partial charge in [-0.1, -0.05) is 6.07 Å². The Bertz CT molecular complexity index is 675. The standard InChI is InChI=1S/C15H14N4O2/c1-19(2)15(20)18-11-6-8-13(9-7-11)21-14-5-3-4-12(10-16)17-14/h3-9H,1-2H3,(H,18,20). The highest BCUT2D eigenvalue weighted by Gasteiger charge is 2.04. The zero-order valence-corrected chi connectivity index (χ0v) is 11.7. The summed E-state index contributed by atoms with van der Waals surface area (Å²) in [6, 6.07) is 13.6. The van der Waals surface area contributed by atoms with Crippen LogP contribution < -0.4 is 10.1 Å². The van der Waals surface area contributed by atoms with E-state index in [1.165, 1.54) is 4.90 Å². The summed E-state index contributed by atoms with van der Waals surface area (Å²) in [5, 5.41) is 11.5. The van der Waals surface area contributed by atoms with E-state index in [0.29, 0.717) is 23.0 Å². The van der Waals surface area contributed by atoms with E-state index in [9.17, 15) is 4.79 Å². The van der Waals surface area contributed by atoms with Gasteiger partial charge in [-0.2, -0.15) is 5.26 Å². The topological polar surface area (TPSA) is 78.3 Å². The lowest BCUT2D eigenvalue weighted by molar-refractivity contribution is 0.230. The third kappa shape index (κ3) is 3.94. The number of anilines is 1. The summed E-state index contributed by atoms with van der Waals surface area (Å²) in [4.78, 5) is 17.0. The molecular formula is C15H14N4O2. The van der Waals surface area contributed by atoms with Crippen LogP contribution in [-0.2, 0) is 0 Å². The van der Waals surface area contributed by atoms with Crippen molar-refractivity contribution in [1.29, 1.82) is 5.26 Å². The molecule has 0 aliphatic heterocycles. The number of aromatic nitrogens is 1. The Balaban J connectivity index is 2.05. The Morgan fingerprint density at radius 3 is 2.57 bits per heavy atom. The lowest BCUT2D eigenvalue weighted by Gasteiger charge is -2.12. The minimum Gasteiger partial charge on any atom is -0.439 e. The lowest BCUT2D eigenvalue weighted by Crippen LogP contribution is -2.27. The van der Waals surface area contributed by atoms with Gasteiger partial charge in [0.1, 0.15) is 17.5 Å². The maximum Gasteiger partial charge on any atom is 0.321 e. The summed E-state index contributed by atoms with van der Waals surface area (Å²) in [7, 11) is 3.33. The molecule has 0 fully saturated rings. The molecule has 0 unspecified atom stereocenters. The van der Waals surface area contributed by atoms with E-state index in [1.807, 2.05) is 6.07 Å². The van der Waals surface area contributed by atoms with E-state index in [2.05, 4.69) is 10.3 Å². The lowest BCUT2D eigenvalue weighted by atomic mass is 10.3. The summed E-state index contributed by atoms with van der Waals surface area (Å²) in [5.41, 5.74) is 0.960. The third-order valence-corrected chi connectivity index (χ3v) is 2.57. The second-order valence-corrected chi connectivity index (χ2v) is 4.42. The fourth-order valence-electron chi connectivity index (χ4n) is 1.50. The number of hydrogen-bond donors (Lipinski definition) is 1. The van der Waals surface area contributed by atoms with E-state index < -0.39 is 0 Å². The van der Waals surface area contributed by atoms with Gasteiger partial charge < -0.3 is 15.0 Å². The molecule has 2 rings (SSSR count). The molecule has 6 nitrogen and oxygen atoms in total. The van der Waals surface area contributed by atoms with Crippen LogP contribution in [0.4, 0.5) is 10.5 Å². The SMILES string of the molecule is CN(C)C(=O)Nc1ccc(Oc2cccc(C#N)n2)cc1. The molecular weight excluding hydrogens is 268 g/mol. The minimum atomic E-state index is -0.202. The summed E-state index contributed by atoms with van der Waals surface area (Å²) >= 11 is 0. The van der Waals surface area contributed by atoms with Crippen LogP contribution in [0.1, 0.15) is 5.69 Å². The second kappa shape index (κ2) is 6.39. The quantitative estimate of drug-likeness (QED) is 0.938. The van der Waals surface area contributed by atoms with Gasteiger partial charge in [-0.05, 0) is 30.3 Å². The van der Waals surface area contributed by atoms with Gasteiger partial charge in [0.05, 0.1) is 0 Å². The fourth-order valence-corrected chi connectivity index (χ4v) is 1.50. The van der Waals surface area contributed by atoms with Gasteiger partial charge in [0, 0.05) is 25.8 Å². The van der Waals surface area contributed by atoms with Crippen LogP contribution in [0, 0.1) is 11.3 Å². The number of benzene rings is 1. The smallest absolute Gasteiger partial charge is 0.321 e. The Labute approximate surface area is 122 Å². The Morgan fingerprint density at radius 2 is 1.95 bits per heavy atom. The molecule has 0 spiro atoms. The molecule has 106 valence electrons. The molecule has 2 amide bonds. The molecule has 0 radical (unpaired) electrons. The van der Waals surface area contributed by atoms with Crippen LogP contribution in [0.15, 0.2) is 42.5 Å². The summed E-state index contributed by atoms with van der Waals surface area (Å²) < 4.78 is 5.54. The number of ether oxygens (including phenoxy) is 1.